The monoisotopic (exact) mass is 467 g/mol. The maximum absolute atomic E-state index is 13.5. The van der Waals surface area contributed by atoms with Gasteiger partial charge in [-0.25, -0.2) is 9.18 Å². The fourth-order valence-corrected chi connectivity index (χ4v) is 4.04. The number of methoxy groups -OCH3 is 2. The van der Waals surface area contributed by atoms with Gasteiger partial charge in [-0.2, -0.15) is 0 Å². The number of H-pyrrole nitrogens is 1. The number of para-hydroxylation sites is 1. The average molecular weight is 468 g/mol. The summed E-state index contributed by atoms with van der Waals surface area (Å²) < 4.78 is 24.1. The fourth-order valence-electron chi connectivity index (χ4n) is 3.80. The van der Waals surface area contributed by atoms with Crippen LogP contribution in [0.1, 0.15) is 17.0 Å². The average Bonchev–Trinajstić information content (AvgIpc) is 3.24. The Labute approximate surface area is 195 Å². The molecular formula is C25H23ClFN3O3. The van der Waals surface area contributed by atoms with Crippen molar-refractivity contribution in [3.63, 3.8) is 0 Å². The van der Waals surface area contributed by atoms with E-state index in [1.165, 1.54) is 26.4 Å². The van der Waals surface area contributed by atoms with Crippen molar-refractivity contribution in [1.29, 1.82) is 0 Å². The summed E-state index contributed by atoms with van der Waals surface area (Å²) >= 11 is 6.20. The van der Waals surface area contributed by atoms with Crippen LogP contribution >= 0.6 is 11.6 Å². The first-order valence-electron chi connectivity index (χ1n) is 10.3. The van der Waals surface area contributed by atoms with Gasteiger partial charge in [0.25, 0.3) is 0 Å². The number of aromatic nitrogens is 1. The predicted molar refractivity (Wildman–Crippen MR) is 128 cm³/mol. The van der Waals surface area contributed by atoms with Gasteiger partial charge in [0, 0.05) is 35.6 Å². The van der Waals surface area contributed by atoms with E-state index < -0.39 is 6.03 Å². The van der Waals surface area contributed by atoms with E-state index in [1.54, 1.807) is 24.3 Å². The van der Waals surface area contributed by atoms with Gasteiger partial charge in [0.1, 0.15) is 17.3 Å². The Hall–Kier alpha value is -3.71. The minimum absolute atomic E-state index is 0.200. The van der Waals surface area contributed by atoms with Crippen molar-refractivity contribution in [2.75, 3.05) is 26.1 Å². The summed E-state index contributed by atoms with van der Waals surface area (Å²) in [5.41, 5.74) is 3.28. The summed E-state index contributed by atoms with van der Waals surface area (Å²) in [5, 5.41) is 7.06. The van der Waals surface area contributed by atoms with Crippen LogP contribution in [0.2, 0.25) is 5.02 Å². The number of hydrogen-bond acceptors (Lipinski definition) is 3. The number of anilines is 1. The number of hydrogen-bond donors (Lipinski definition) is 3. The topological polar surface area (TPSA) is 75.4 Å². The van der Waals surface area contributed by atoms with Crippen LogP contribution in [0.3, 0.4) is 0 Å². The largest absolute Gasteiger partial charge is 0.495 e. The molecule has 6 nitrogen and oxygen atoms in total. The maximum Gasteiger partial charge on any atom is 0.319 e. The van der Waals surface area contributed by atoms with Crippen LogP contribution < -0.4 is 20.1 Å². The first kappa shape index (κ1) is 22.5. The second kappa shape index (κ2) is 9.83. The lowest BCUT2D eigenvalue weighted by Crippen LogP contribution is -2.32. The Bertz CT molecular complexity index is 1270. The summed E-state index contributed by atoms with van der Waals surface area (Å²) in [6.45, 7) is 0.283. The number of halogens is 2. The number of carbonyl (C=O) groups excluding carboxylic acids is 1. The Kier molecular flexibility index (Phi) is 6.70. The minimum atomic E-state index is -0.429. The molecule has 0 fully saturated rings. The number of rotatable bonds is 7. The summed E-state index contributed by atoms with van der Waals surface area (Å²) in [4.78, 5) is 16.0. The van der Waals surface area contributed by atoms with Crippen molar-refractivity contribution >= 4 is 34.2 Å². The number of nitrogens with one attached hydrogen (secondary N) is 3. The third-order valence-electron chi connectivity index (χ3n) is 5.46. The summed E-state index contributed by atoms with van der Waals surface area (Å²) in [6, 6.07) is 16.9. The number of amides is 2. The summed E-state index contributed by atoms with van der Waals surface area (Å²) in [6.07, 6.45) is 1.92. The molecule has 3 N–H and O–H groups in total. The Morgan fingerprint density at radius 2 is 1.79 bits per heavy atom. The molecule has 170 valence electrons. The van der Waals surface area contributed by atoms with E-state index >= 15 is 0 Å². The second-order valence-corrected chi connectivity index (χ2v) is 7.82. The maximum atomic E-state index is 13.5. The molecule has 0 saturated carbocycles. The van der Waals surface area contributed by atoms with E-state index in [-0.39, 0.29) is 18.3 Å². The highest BCUT2D eigenvalue weighted by molar-refractivity contribution is 6.32. The second-order valence-electron chi connectivity index (χ2n) is 7.42. The molecular weight excluding hydrogens is 445 g/mol. The zero-order valence-corrected chi connectivity index (χ0v) is 18.9. The Morgan fingerprint density at radius 3 is 2.52 bits per heavy atom. The molecule has 4 aromatic rings. The molecule has 1 heterocycles. The highest BCUT2D eigenvalue weighted by Gasteiger charge is 2.20. The van der Waals surface area contributed by atoms with Crippen molar-refractivity contribution < 1.29 is 18.7 Å². The van der Waals surface area contributed by atoms with E-state index in [0.29, 0.717) is 22.2 Å². The van der Waals surface area contributed by atoms with Crippen molar-refractivity contribution in [2.24, 2.45) is 0 Å². The molecule has 0 bridgehead atoms. The normalized spacial score (nSPS) is 11.8. The van der Waals surface area contributed by atoms with Crippen LogP contribution in [0.15, 0.2) is 66.9 Å². The van der Waals surface area contributed by atoms with Crippen LogP contribution in [0.25, 0.3) is 10.9 Å². The zero-order valence-electron chi connectivity index (χ0n) is 18.1. The standard InChI is InChI=1S/C25H23ClFN3O3/c1-32-23-12-24(33-2)22(11-20(23)26)30-25(31)29-13-18(15-7-9-16(27)10-8-15)19-14-28-21-6-4-3-5-17(19)21/h3-12,14,18,28H,13H2,1-2H3,(H2,29,30,31)/t18-/m1/s1. The number of urea groups is 1. The smallest absolute Gasteiger partial charge is 0.319 e. The minimum Gasteiger partial charge on any atom is -0.495 e. The third kappa shape index (κ3) is 4.88. The molecule has 2 amide bonds. The molecule has 0 aliphatic rings. The predicted octanol–water partition coefficient (Wildman–Crippen LogP) is 5.93. The van der Waals surface area contributed by atoms with E-state index in [1.807, 2.05) is 30.5 Å². The van der Waals surface area contributed by atoms with Crippen molar-refractivity contribution in [2.45, 2.75) is 5.92 Å². The molecule has 0 unspecified atom stereocenters. The van der Waals surface area contributed by atoms with Gasteiger partial charge in [0.15, 0.2) is 0 Å². The van der Waals surface area contributed by atoms with Gasteiger partial charge in [-0.15, -0.1) is 0 Å². The Morgan fingerprint density at radius 1 is 1.06 bits per heavy atom. The number of fused-ring (bicyclic) bond motifs is 1. The lowest BCUT2D eigenvalue weighted by molar-refractivity contribution is 0.251. The van der Waals surface area contributed by atoms with Gasteiger partial charge in [0.2, 0.25) is 0 Å². The van der Waals surface area contributed by atoms with Crippen molar-refractivity contribution in [1.82, 2.24) is 10.3 Å². The van der Waals surface area contributed by atoms with Gasteiger partial charge in [-0.1, -0.05) is 41.9 Å². The van der Waals surface area contributed by atoms with Crippen LogP contribution in [0.4, 0.5) is 14.9 Å². The molecule has 3 aromatic carbocycles. The quantitative estimate of drug-likeness (QED) is 0.315. The van der Waals surface area contributed by atoms with Gasteiger partial charge in [0.05, 0.1) is 24.9 Å². The molecule has 0 spiro atoms. The Balaban J connectivity index is 1.57. The first-order valence-corrected chi connectivity index (χ1v) is 10.7. The van der Waals surface area contributed by atoms with Gasteiger partial charge >= 0.3 is 6.03 Å². The van der Waals surface area contributed by atoms with Gasteiger partial charge in [-0.05, 0) is 35.4 Å². The number of carbonyl (C=O) groups is 1. The van der Waals surface area contributed by atoms with Crippen LogP contribution in [-0.2, 0) is 0 Å². The highest BCUT2D eigenvalue weighted by atomic mass is 35.5. The number of aromatic amines is 1. The van der Waals surface area contributed by atoms with Gasteiger partial charge < -0.3 is 25.1 Å². The third-order valence-corrected chi connectivity index (χ3v) is 5.75. The summed E-state index contributed by atoms with van der Waals surface area (Å²) in [5.74, 6) is 0.341. The number of benzene rings is 3. The summed E-state index contributed by atoms with van der Waals surface area (Å²) in [7, 11) is 2.99. The fraction of sp³-hybridized carbons (Fsp3) is 0.160. The van der Waals surface area contributed by atoms with Crippen molar-refractivity contribution in [3.8, 4) is 11.5 Å². The molecule has 1 atom stereocenters. The number of ether oxygens (including phenoxy) is 2. The lowest BCUT2D eigenvalue weighted by Gasteiger charge is -2.19. The highest BCUT2D eigenvalue weighted by Crippen LogP contribution is 2.36. The molecule has 0 radical (unpaired) electrons. The van der Waals surface area contributed by atoms with Crippen LogP contribution in [0, 0.1) is 5.82 Å². The van der Waals surface area contributed by atoms with E-state index in [4.69, 9.17) is 21.1 Å². The molecule has 4 rings (SSSR count). The SMILES string of the molecule is COc1cc(OC)c(NC(=O)NC[C@H](c2ccc(F)cc2)c2c[nH]c3ccccc23)cc1Cl. The zero-order chi connectivity index (χ0) is 23.4. The molecule has 33 heavy (non-hydrogen) atoms. The lowest BCUT2D eigenvalue weighted by atomic mass is 9.91. The van der Waals surface area contributed by atoms with Gasteiger partial charge in [-0.3, -0.25) is 0 Å². The van der Waals surface area contributed by atoms with Crippen LogP contribution in [0.5, 0.6) is 11.5 Å². The molecule has 1 aromatic heterocycles. The molecule has 0 saturated heterocycles. The molecule has 0 aliphatic carbocycles. The first-order chi connectivity index (χ1) is 16.0. The van der Waals surface area contributed by atoms with E-state index in [9.17, 15) is 9.18 Å². The molecule has 8 heteroatoms. The molecule has 0 aliphatic heterocycles. The van der Waals surface area contributed by atoms with Crippen LogP contribution in [-0.4, -0.2) is 31.8 Å². The van der Waals surface area contributed by atoms with E-state index in [2.05, 4.69) is 15.6 Å². The van der Waals surface area contributed by atoms with Crippen molar-refractivity contribution in [3.05, 3.63) is 88.8 Å². The van der Waals surface area contributed by atoms with E-state index in [0.717, 1.165) is 22.0 Å².